The van der Waals surface area contributed by atoms with E-state index >= 15 is 0 Å². The van der Waals surface area contributed by atoms with Crippen LogP contribution in [0.15, 0.2) is 39.5 Å². The first kappa shape index (κ1) is 22.9. The van der Waals surface area contributed by atoms with Gasteiger partial charge in [-0.1, -0.05) is 0 Å². The molecule has 1 aromatic heterocycles. The molecule has 0 radical (unpaired) electrons. The van der Waals surface area contributed by atoms with E-state index in [9.17, 15) is 4.79 Å². The standard InChI is InChI=1S/C20H20O7.C2H6O/c1-22-12-8-6-11(7-9-12)14-10-13(21)15-16(23-2)18(24-3)20(26-5)19(25-4)17(15)27-14;1-2-3/h6-10H,1-5H3;3H,2H2,1H3. The second kappa shape index (κ2) is 10.4. The minimum Gasteiger partial charge on any atom is -0.497 e. The van der Waals surface area contributed by atoms with E-state index in [4.69, 9.17) is 33.2 Å². The molecule has 0 saturated heterocycles. The van der Waals surface area contributed by atoms with Crippen molar-refractivity contribution in [3.05, 3.63) is 40.6 Å². The molecule has 0 atom stereocenters. The van der Waals surface area contributed by atoms with Gasteiger partial charge < -0.3 is 33.2 Å². The molecule has 0 unspecified atom stereocenters. The Bertz CT molecular complexity index is 1040. The lowest BCUT2D eigenvalue weighted by Gasteiger charge is -2.17. The van der Waals surface area contributed by atoms with E-state index in [-0.39, 0.29) is 46.0 Å². The molecule has 3 aromatic rings. The Labute approximate surface area is 174 Å². The number of aliphatic hydroxyl groups is 1. The molecular formula is C22H26O8. The number of aliphatic hydroxyl groups excluding tert-OH is 1. The third kappa shape index (κ3) is 4.28. The molecule has 162 valence electrons. The van der Waals surface area contributed by atoms with Crippen LogP contribution < -0.4 is 29.1 Å². The van der Waals surface area contributed by atoms with Gasteiger partial charge in [0.2, 0.25) is 17.2 Å². The summed E-state index contributed by atoms with van der Waals surface area (Å²) in [6.45, 7) is 1.93. The van der Waals surface area contributed by atoms with Crippen LogP contribution >= 0.6 is 0 Å². The second-order valence-electron chi connectivity index (χ2n) is 5.86. The highest BCUT2D eigenvalue weighted by atomic mass is 16.5. The van der Waals surface area contributed by atoms with Gasteiger partial charge in [0.1, 0.15) is 16.9 Å². The Morgan fingerprint density at radius 2 is 1.30 bits per heavy atom. The number of methoxy groups -OCH3 is 5. The van der Waals surface area contributed by atoms with Gasteiger partial charge in [0.25, 0.3) is 0 Å². The number of fused-ring (bicyclic) bond motifs is 1. The Morgan fingerprint density at radius 3 is 1.77 bits per heavy atom. The molecule has 30 heavy (non-hydrogen) atoms. The van der Waals surface area contributed by atoms with Crippen molar-refractivity contribution >= 4 is 11.0 Å². The fraction of sp³-hybridized carbons (Fsp3) is 0.318. The number of hydrogen-bond acceptors (Lipinski definition) is 8. The van der Waals surface area contributed by atoms with Crippen molar-refractivity contribution in [2.75, 3.05) is 42.2 Å². The lowest BCUT2D eigenvalue weighted by atomic mass is 10.1. The normalized spacial score (nSPS) is 10.1. The monoisotopic (exact) mass is 418 g/mol. The lowest BCUT2D eigenvalue weighted by molar-refractivity contribution is 0.307. The molecule has 0 saturated carbocycles. The van der Waals surface area contributed by atoms with Gasteiger partial charge in [-0.2, -0.15) is 0 Å². The Hall–Kier alpha value is -3.39. The van der Waals surface area contributed by atoms with Crippen LogP contribution in [-0.2, 0) is 0 Å². The van der Waals surface area contributed by atoms with Crippen LogP contribution in [0.3, 0.4) is 0 Å². The second-order valence-corrected chi connectivity index (χ2v) is 5.86. The van der Waals surface area contributed by atoms with Crippen molar-refractivity contribution in [3.8, 4) is 40.1 Å². The van der Waals surface area contributed by atoms with Gasteiger partial charge in [0, 0.05) is 18.2 Å². The number of benzene rings is 2. The zero-order chi connectivity index (χ0) is 22.3. The van der Waals surface area contributed by atoms with Crippen molar-refractivity contribution < 1.29 is 33.2 Å². The molecule has 2 aromatic carbocycles. The van der Waals surface area contributed by atoms with Crippen LogP contribution in [0.25, 0.3) is 22.3 Å². The van der Waals surface area contributed by atoms with Crippen molar-refractivity contribution in [1.29, 1.82) is 0 Å². The van der Waals surface area contributed by atoms with Crippen molar-refractivity contribution in [2.24, 2.45) is 0 Å². The highest BCUT2D eigenvalue weighted by Crippen LogP contribution is 2.50. The number of rotatable bonds is 6. The first-order valence-corrected chi connectivity index (χ1v) is 9.10. The van der Waals surface area contributed by atoms with E-state index in [2.05, 4.69) is 0 Å². The maximum Gasteiger partial charge on any atom is 0.211 e. The van der Waals surface area contributed by atoms with Gasteiger partial charge in [-0.05, 0) is 31.2 Å². The summed E-state index contributed by atoms with van der Waals surface area (Å²) >= 11 is 0. The summed E-state index contributed by atoms with van der Waals surface area (Å²) in [6.07, 6.45) is 0. The molecule has 0 spiro atoms. The van der Waals surface area contributed by atoms with Crippen molar-refractivity contribution in [1.82, 2.24) is 0 Å². The van der Waals surface area contributed by atoms with Gasteiger partial charge in [0.15, 0.2) is 16.8 Å². The van der Waals surface area contributed by atoms with Gasteiger partial charge in [-0.15, -0.1) is 0 Å². The largest absolute Gasteiger partial charge is 0.497 e. The number of ether oxygens (including phenoxy) is 5. The molecule has 1 N–H and O–H groups in total. The van der Waals surface area contributed by atoms with Crippen LogP contribution in [0.2, 0.25) is 0 Å². The molecule has 0 aliphatic rings. The summed E-state index contributed by atoms with van der Waals surface area (Å²) in [6, 6.07) is 8.57. The SMILES string of the molecule is CCO.COc1ccc(-c2cc(=O)c3c(OC)c(OC)c(OC)c(OC)c3o2)cc1. The predicted molar refractivity (Wildman–Crippen MR) is 113 cm³/mol. The average Bonchev–Trinajstić information content (AvgIpc) is 2.77. The smallest absolute Gasteiger partial charge is 0.211 e. The van der Waals surface area contributed by atoms with Gasteiger partial charge in [0.05, 0.1) is 35.5 Å². The van der Waals surface area contributed by atoms with Crippen molar-refractivity contribution in [3.63, 3.8) is 0 Å². The van der Waals surface area contributed by atoms with E-state index < -0.39 is 0 Å². The summed E-state index contributed by atoms with van der Waals surface area (Å²) < 4.78 is 32.9. The summed E-state index contributed by atoms with van der Waals surface area (Å²) in [5.41, 5.74) is 0.633. The summed E-state index contributed by atoms with van der Waals surface area (Å²) in [5, 5.41) is 7.78. The number of hydrogen-bond donors (Lipinski definition) is 1. The minimum atomic E-state index is -0.293. The van der Waals surface area contributed by atoms with Crippen LogP contribution in [0, 0.1) is 0 Å². The first-order chi connectivity index (χ1) is 14.5. The Kier molecular flexibility index (Phi) is 7.94. The summed E-state index contributed by atoms with van der Waals surface area (Å²) in [7, 11) is 7.42. The van der Waals surface area contributed by atoms with Crippen LogP contribution in [0.5, 0.6) is 28.7 Å². The van der Waals surface area contributed by atoms with E-state index in [1.54, 1.807) is 38.3 Å². The van der Waals surface area contributed by atoms with E-state index in [0.29, 0.717) is 17.1 Å². The lowest BCUT2D eigenvalue weighted by Crippen LogP contribution is -2.07. The fourth-order valence-corrected chi connectivity index (χ4v) is 2.94. The molecular weight excluding hydrogens is 392 g/mol. The topological polar surface area (TPSA) is 96.6 Å². The highest BCUT2D eigenvalue weighted by Gasteiger charge is 2.27. The Morgan fingerprint density at radius 1 is 0.800 bits per heavy atom. The fourth-order valence-electron chi connectivity index (χ4n) is 2.94. The summed E-state index contributed by atoms with van der Waals surface area (Å²) in [5.74, 6) is 2.08. The van der Waals surface area contributed by atoms with Crippen LogP contribution in [-0.4, -0.2) is 47.3 Å². The molecule has 0 amide bonds. The van der Waals surface area contributed by atoms with E-state index in [1.807, 2.05) is 0 Å². The van der Waals surface area contributed by atoms with Crippen LogP contribution in [0.4, 0.5) is 0 Å². The minimum absolute atomic E-state index is 0.212. The molecule has 3 rings (SSSR count). The maximum absolute atomic E-state index is 12.9. The van der Waals surface area contributed by atoms with Gasteiger partial charge >= 0.3 is 0 Å². The zero-order valence-electron chi connectivity index (χ0n) is 17.9. The average molecular weight is 418 g/mol. The first-order valence-electron chi connectivity index (χ1n) is 9.10. The van der Waals surface area contributed by atoms with Crippen LogP contribution in [0.1, 0.15) is 6.92 Å². The third-order valence-electron chi connectivity index (χ3n) is 4.19. The summed E-state index contributed by atoms with van der Waals surface area (Å²) in [4.78, 5) is 12.9. The predicted octanol–water partition coefficient (Wildman–Crippen LogP) is 3.50. The quantitative estimate of drug-likeness (QED) is 0.650. The van der Waals surface area contributed by atoms with Gasteiger partial charge in [-0.25, -0.2) is 0 Å². The van der Waals surface area contributed by atoms with Crippen molar-refractivity contribution in [2.45, 2.75) is 6.92 Å². The molecule has 1 heterocycles. The highest BCUT2D eigenvalue weighted by molar-refractivity contribution is 5.95. The third-order valence-corrected chi connectivity index (χ3v) is 4.19. The van der Waals surface area contributed by atoms with Gasteiger partial charge in [-0.3, -0.25) is 4.79 Å². The molecule has 0 aliphatic heterocycles. The molecule has 0 aliphatic carbocycles. The Balaban J connectivity index is 0.00000101. The molecule has 8 nitrogen and oxygen atoms in total. The zero-order valence-corrected chi connectivity index (χ0v) is 17.9. The molecule has 8 heteroatoms. The maximum atomic E-state index is 12.9. The van der Waals surface area contributed by atoms with E-state index in [0.717, 1.165) is 0 Å². The molecule has 0 bridgehead atoms. The molecule has 0 fully saturated rings. The van der Waals surface area contributed by atoms with E-state index in [1.165, 1.54) is 34.5 Å².